The second-order valence-electron chi connectivity index (χ2n) is 9.79. The van der Waals surface area contributed by atoms with Crippen LogP contribution in [0.5, 0.6) is 0 Å². The van der Waals surface area contributed by atoms with Crippen molar-refractivity contribution < 1.29 is 10.2 Å². The third-order valence-electron chi connectivity index (χ3n) is 6.98. The summed E-state index contributed by atoms with van der Waals surface area (Å²) in [4.78, 5) is 26.9. The fourth-order valence-electron chi connectivity index (χ4n) is 4.46. The SMILES string of the molecule is CC(C)(c1ccccc1)c1cnc(N2CCN(c3ncnc(Nc4ccc([C@H](O)CO)cc4)n3)CC2)nc1. The second-order valence-corrected chi connectivity index (χ2v) is 9.79. The first-order valence-electron chi connectivity index (χ1n) is 12.7. The number of rotatable bonds is 8. The van der Waals surface area contributed by atoms with Gasteiger partial charge in [0.1, 0.15) is 12.4 Å². The van der Waals surface area contributed by atoms with E-state index in [9.17, 15) is 5.11 Å². The number of nitrogens with one attached hydrogen (secondary N) is 1. The van der Waals surface area contributed by atoms with Gasteiger partial charge in [-0.1, -0.05) is 56.3 Å². The molecular weight excluding hydrogens is 480 g/mol. The van der Waals surface area contributed by atoms with Gasteiger partial charge in [0.25, 0.3) is 0 Å². The van der Waals surface area contributed by atoms with Gasteiger partial charge in [-0.3, -0.25) is 0 Å². The molecular formula is C28H32N8O2. The Kier molecular flexibility index (Phi) is 7.43. The van der Waals surface area contributed by atoms with Crippen LogP contribution in [0, 0.1) is 0 Å². The molecule has 0 saturated carbocycles. The zero-order valence-corrected chi connectivity index (χ0v) is 21.6. The van der Waals surface area contributed by atoms with Gasteiger partial charge in [0.05, 0.1) is 6.61 Å². The molecule has 10 heteroatoms. The molecule has 2 aromatic heterocycles. The largest absolute Gasteiger partial charge is 0.393 e. The van der Waals surface area contributed by atoms with E-state index >= 15 is 0 Å². The molecule has 0 radical (unpaired) electrons. The second kappa shape index (κ2) is 11.1. The van der Waals surface area contributed by atoms with Crippen LogP contribution in [0.1, 0.15) is 36.6 Å². The van der Waals surface area contributed by atoms with Crippen LogP contribution in [-0.2, 0) is 5.41 Å². The van der Waals surface area contributed by atoms with E-state index in [0.717, 1.165) is 43.4 Å². The maximum Gasteiger partial charge on any atom is 0.231 e. The monoisotopic (exact) mass is 512 g/mol. The average molecular weight is 513 g/mol. The smallest absolute Gasteiger partial charge is 0.231 e. The maximum absolute atomic E-state index is 9.75. The molecule has 5 rings (SSSR count). The molecule has 3 heterocycles. The van der Waals surface area contributed by atoms with E-state index in [2.05, 4.69) is 68.2 Å². The van der Waals surface area contributed by atoms with Crippen LogP contribution in [0.15, 0.2) is 73.3 Å². The van der Waals surface area contributed by atoms with Crippen molar-refractivity contribution in [2.45, 2.75) is 25.4 Å². The standard InChI is InChI=1S/C28H32N8O2/c1-28(2,21-6-4-3-5-7-21)22-16-29-26(30-17-22)35-12-14-36(15-13-35)27-32-19-31-25(34-27)33-23-10-8-20(9-11-23)24(38)18-37/h3-11,16-17,19,24,37-38H,12-15,18H2,1-2H3,(H,31,32,33,34)/t24-/m1/s1. The molecule has 0 bridgehead atoms. The quantitative estimate of drug-likeness (QED) is 0.324. The molecule has 3 N–H and O–H groups in total. The topological polar surface area (TPSA) is 123 Å². The molecule has 0 amide bonds. The summed E-state index contributed by atoms with van der Waals surface area (Å²) >= 11 is 0. The third-order valence-corrected chi connectivity index (χ3v) is 6.98. The van der Waals surface area contributed by atoms with Crippen LogP contribution in [0.3, 0.4) is 0 Å². The van der Waals surface area contributed by atoms with Crippen molar-refractivity contribution in [1.82, 2.24) is 24.9 Å². The van der Waals surface area contributed by atoms with E-state index in [-0.39, 0.29) is 12.0 Å². The number of hydrogen-bond acceptors (Lipinski definition) is 10. The Morgan fingerprint density at radius 3 is 2.08 bits per heavy atom. The Balaban J connectivity index is 1.20. The van der Waals surface area contributed by atoms with Crippen LogP contribution < -0.4 is 15.1 Å². The molecule has 1 aliphatic heterocycles. The van der Waals surface area contributed by atoms with Crippen molar-refractivity contribution in [1.29, 1.82) is 0 Å². The van der Waals surface area contributed by atoms with E-state index in [1.54, 1.807) is 12.1 Å². The minimum absolute atomic E-state index is 0.175. The molecule has 1 atom stereocenters. The van der Waals surface area contributed by atoms with Gasteiger partial charge in [-0.25, -0.2) is 19.9 Å². The van der Waals surface area contributed by atoms with Crippen molar-refractivity contribution >= 4 is 23.5 Å². The molecule has 196 valence electrons. The molecule has 1 fully saturated rings. The van der Waals surface area contributed by atoms with Gasteiger partial charge in [0.15, 0.2) is 0 Å². The Morgan fingerprint density at radius 2 is 1.45 bits per heavy atom. The molecule has 38 heavy (non-hydrogen) atoms. The van der Waals surface area contributed by atoms with Gasteiger partial charge in [-0.15, -0.1) is 0 Å². The summed E-state index contributed by atoms with van der Waals surface area (Å²) in [5.41, 5.74) is 3.55. The van der Waals surface area contributed by atoms with Crippen LogP contribution in [0.4, 0.5) is 23.5 Å². The highest BCUT2D eigenvalue weighted by atomic mass is 16.3. The van der Waals surface area contributed by atoms with Gasteiger partial charge in [-0.2, -0.15) is 4.98 Å². The van der Waals surface area contributed by atoms with E-state index in [1.165, 1.54) is 11.9 Å². The minimum Gasteiger partial charge on any atom is -0.393 e. The number of anilines is 4. The maximum atomic E-state index is 9.75. The van der Waals surface area contributed by atoms with Gasteiger partial charge >= 0.3 is 0 Å². The van der Waals surface area contributed by atoms with Gasteiger partial charge in [0, 0.05) is 49.7 Å². The lowest BCUT2D eigenvalue weighted by atomic mass is 9.79. The van der Waals surface area contributed by atoms with Crippen LogP contribution in [0.25, 0.3) is 0 Å². The Labute approximate surface area is 222 Å². The van der Waals surface area contributed by atoms with Crippen molar-refractivity contribution in [3.63, 3.8) is 0 Å². The fourth-order valence-corrected chi connectivity index (χ4v) is 4.46. The average Bonchev–Trinajstić information content (AvgIpc) is 2.98. The zero-order chi connectivity index (χ0) is 26.5. The minimum atomic E-state index is -0.893. The number of hydrogen-bond donors (Lipinski definition) is 3. The van der Waals surface area contributed by atoms with E-state index in [4.69, 9.17) is 15.1 Å². The summed E-state index contributed by atoms with van der Waals surface area (Å²) in [6.45, 7) is 7.04. The number of aromatic nitrogens is 5. The van der Waals surface area contributed by atoms with Crippen molar-refractivity contribution in [3.05, 3.63) is 90.0 Å². The number of nitrogens with zero attached hydrogens (tertiary/aromatic N) is 7. The zero-order valence-electron chi connectivity index (χ0n) is 21.6. The lowest BCUT2D eigenvalue weighted by molar-refractivity contribution is 0.0956. The Morgan fingerprint density at radius 1 is 0.816 bits per heavy atom. The summed E-state index contributed by atoms with van der Waals surface area (Å²) in [5, 5.41) is 22.0. The van der Waals surface area contributed by atoms with Gasteiger partial charge in [0.2, 0.25) is 17.8 Å². The summed E-state index contributed by atoms with van der Waals surface area (Å²) in [7, 11) is 0. The normalized spacial score (nSPS) is 14.8. The number of aliphatic hydroxyl groups excluding tert-OH is 2. The van der Waals surface area contributed by atoms with E-state index in [0.29, 0.717) is 17.5 Å². The molecule has 0 aliphatic carbocycles. The first-order chi connectivity index (χ1) is 18.4. The van der Waals surface area contributed by atoms with Crippen molar-refractivity contribution in [3.8, 4) is 0 Å². The first-order valence-corrected chi connectivity index (χ1v) is 12.7. The van der Waals surface area contributed by atoms with Crippen LogP contribution in [0.2, 0.25) is 0 Å². The van der Waals surface area contributed by atoms with Crippen molar-refractivity contribution in [2.75, 3.05) is 47.9 Å². The predicted octanol–water partition coefficient (Wildman–Crippen LogP) is 3.08. The van der Waals surface area contributed by atoms with Gasteiger partial charge < -0.3 is 25.3 Å². The Hall–Kier alpha value is -4.15. The molecule has 1 aliphatic rings. The summed E-state index contributed by atoms with van der Waals surface area (Å²) < 4.78 is 0. The molecule has 0 unspecified atom stereocenters. The molecule has 10 nitrogen and oxygen atoms in total. The lowest BCUT2D eigenvalue weighted by Gasteiger charge is -2.35. The van der Waals surface area contributed by atoms with Gasteiger partial charge in [-0.05, 0) is 28.8 Å². The summed E-state index contributed by atoms with van der Waals surface area (Å²) in [6, 6.07) is 17.5. The van der Waals surface area contributed by atoms with Crippen molar-refractivity contribution in [2.24, 2.45) is 0 Å². The lowest BCUT2D eigenvalue weighted by Crippen LogP contribution is -2.47. The Bertz CT molecular complexity index is 1330. The molecule has 4 aromatic rings. The highest BCUT2D eigenvalue weighted by Crippen LogP contribution is 2.31. The number of benzene rings is 2. The highest BCUT2D eigenvalue weighted by molar-refractivity contribution is 5.55. The molecule has 1 saturated heterocycles. The van der Waals surface area contributed by atoms with Crippen LogP contribution >= 0.6 is 0 Å². The highest BCUT2D eigenvalue weighted by Gasteiger charge is 2.25. The molecule has 2 aromatic carbocycles. The summed E-state index contributed by atoms with van der Waals surface area (Å²) in [5.74, 6) is 1.77. The first kappa shape index (κ1) is 25.5. The van der Waals surface area contributed by atoms with Crippen LogP contribution in [-0.4, -0.2) is 67.9 Å². The number of aliphatic hydroxyl groups is 2. The fraction of sp³-hybridized carbons (Fsp3) is 0.321. The number of piperazine rings is 1. The predicted molar refractivity (Wildman–Crippen MR) is 147 cm³/mol. The van der Waals surface area contributed by atoms with E-state index in [1.807, 2.05) is 30.6 Å². The van der Waals surface area contributed by atoms with E-state index < -0.39 is 6.10 Å². The molecule has 0 spiro atoms. The summed E-state index contributed by atoms with van der Waals surface area (Å²) in [6.07, 6.45) is 4.47. The third kappa shape index (κ3) is 5.56.